The molecule has 0 aliphatic heterocycles. The second-order valence-corrected chi connectivity index (χ2v) is 6.76. The fourth-order valence-electron chi connectivity index (χ4n) is 3.00. The quantitative estimate of drug-likeness (QED) is 0.617. The van der Waals surface area contributed by atoms with E-state index in [1.54, 1.807) is 24.3 Å². The Bertz CT molecular complexity index is 990. The maximum Gasteiger partial charge on any atom is 0.338 e. The number of carbonyl (C=O) groups is 2. The Kier molecular flexibility index (Phi) is 6.09. The van der Waals surface area contributed by atoms with E-state index in [0.29, 0.717) is 23.6 Å². The number of anilines is 1. The lowest BCUT2D eigenvalue weighted by molar-refractivity contribution is 0.0505. The molecule has 1 amide bonds. The van der Waals surface area contributed by atoms with Gasteiger partial charge in [0.05, 0.1) is 17.9 Å². The summed E-state index contributed by atoms with van der Waals surface area (Å²) in [5.74, 6) is -0.580. The first-order valence-corrected chi connectivity index (χ1v) is 9.59. The summed E-state index contributed by atoms with van der Waals surface area (Å²) in [6, 6.07) is 10.6. The summed E-state index contributed by atoms with van der Waals surface area (Å²) in [6.07, 6.45) is 4.28. The number of aromatic nitrogens is 2. The van der Waals surface area contributed by atoms with Gasteiger partial charge in [-0.15, -0.1) is 0 Å². The van der Waals surface area contributed by atoms with E-state index in [2.05, 4.69) is 17.2 Å². The Morgan fingerprint density at radius 3 is 2.54 bits per heavy atom. The van der Waals surface area contributed by atoms with Crippen molar-refractivity contribution in [2.45, 2.75) is 40.0 Å². The number of amides is 1. The molecule has 2 heterocycles. The highest BCUT2D eigenvalue weighted by Gasteiger charge is 2.19. The lowest BCUT2D eigenvalue weighted by Gasteiger charge is -2.08. The molecule has 3 aromatic rings. The Morgan fingerprint density at radius 1 is 1.11 bits per heavy atom. The largest absolute Gasteiger partial charge is 0.462 e. The molecule has 0 bridgehead atoms. The van der Waals surface area contributed by atoms with E-state index in [9.17, 15) is 9.59 Å². The molecule has 146 valence electrons. The highest BCUT2D eigenvalue weighted by atomic mass is 16.5. The van der Waals surface area contributed by atoms with Gasteiger partial charge in [0.15, 0.2) is 0 Å². The van der Waals surface area contributed by atoms with E-state index in [1.807, 2.05) is 36.6 Å². The zero-order valence-electron chi connectivity index (χ0n) is 16.5. The Hall–Kier alpha value is -3.15. The first kappa shape index (κ1) is 19.6. The van der Waals surface area contributed by atoms with Crippen LogP contribution in [-0.4, -0.2) is 27.9 Å². The Labute approximate surface area is 164 Å². The molecule has 6 nitrogen and oxygen atoms in total. The van der Waals surface area contributed by atoms with Crippen molar-refractivity contribution in [2.75, 3.05) is 11.9 Å². The molecule has 3 rings (SSSR count). The fourth-order valence-corrected chi connectivity index (χ4v) is 3.00. The minimum Gasteiger partial charge on any atom is -0.462 e. The molecule has 28 heavy (non-hydrogen) atoms. The van der Waals surface area contributed by atoms with Crippen LogP contribution >= 0.6 is 0 Å². The van der Waals surface area contributed by atoms with E-state index in [1.165, 1.54) is 0 Å². The third-order valence-corrected chi connectivity index (χ3v) is 4.37. The van der Waals surface area contributed by atoms with Gasteiger partial charge in [-0.2, -0.15) is 0 Å². The molecule has 0 unspecified atom stereocenters. The molecule has 0 fully saturated rings. The summed E-state index contributed by atoms with van der Waals surface area (Å²) < 4.78 is 6.94. The van der Waals surface area contributed by atoms with Crippen molar-refractivity contribution >= 4 is 23.2 Å². The van der Waals surface area contributed by atoms with Gasteiger partial charge in [0.2, 0.25) is 0 Å². The normalized spacial score (nSPS) is 10.8. The topological polar surface area (TPSA) is 72.7 Å². The second kappa shape index (κ2) is 8.69. The van der Waals surface area contributed by atoms with Crippen molar-refractivity contribution in [1.82, 2.24) is 9.38 Å². The van der Waals surface area contributed by atoms with Crippen molar-refractivity contribution in [1.29, 1.82) is 0 Å². The average molecular weight is 379 g/mol. The van der Waals surface area contributed by atoms with Crippen LogP contribution in [-0.2, 0) is 11.2 Å². The Balaban J connectivity index is 1.83. The van der Waals surface area contributed by atoms with Crippen LogP contribution in [0.25, 0.3) is 5.65 Å². The number of benzene rings is 1. The highest BCUT2D eigenvalue weighted by Crippen LogP contribution is 2.18. The van der Waals surface area contributed by atoms with E-state index >= 15 is 0 Å². The van der Waals surface area contributed by atoms with Gasteiger partial charge in [0.1, 0.15) is 11.3 Å². The standard InChI is InChI=1S/C22H25N3O3/c1-4-6-18-20(25-12-11-15(3)14-19(25)24-18)21(26)23-17-9-7-16(8-10-17)22(27)28-13-5-2/h7-12,14H,4-6,13H2,1-3H3,(H,23,26). The predicted octanol–water partition coefficient (Wildman–Crippen LogP) is 4.41. The van der Waals surface area contributed by atoms with Crippen molar-refractivity contribution in [2.24, 2.45) is 0 Å². The maximum absolute atomic E-state index is 13.0. The van der Waals surface area contributed by atoms with Gasteiger partial charge in [-0.3, -0.25) is 9.20 Å². The van der Waals surface area contributed by atoms with Crippen molar-refractivity contribution in [3.63, 3.8) is 0 Å². The van der Waals surface area contributed by atoms with E-state index in [-0.39, 0.29) is 11.9 Å². The van der Waals surface area contributed by atoms with Gasteiger partial charge in [0.25, 0.3) is 5.91 Å². The number of pyridine rings is 1. The Morgan fingerprint density at radius 2 is 1.86 bits per heavy atom. The van der Waals surface area contributed by atoms with Crippen LogP contribution in [0.4, 0.5) is 5.69 Å². The van der Waals surface area contributed by atoms with Crippen molar-refractivity contribution in [3.05, 3.63) is 65.1 Å². The molecule has 2 aromatic heterocycles. The summed E-state index contributed by atoms with van der Waals surface area (Å²) >= 11 is 0. The minimum atomic E-state index is -0.359. The van der Waals surface area contributed by atoms with Crippen molar-refractivity contribution in [3.8, 4) is 0 Å². The minimum absolute atomic E-state index is 0.221. The summed E-state index contributed by atoms with van der Waals surface area (Å²) in [4.78, 5) is 29.5. The number of esters is 1. The number of imidazole rings is 1. The number of ether oxygens (including phenoxy) is 1. The van der Waals surface area contributed by atoms with Gasteiger partial charge >= 0.3 is 5.97 Å². The van der Waals surface area contributed by atoms with Crippen LogP contribution in [0, 0.1) is 6.92 Å². The number of fused-ring (bicyclic) bond motifs is 1. The molecule has 0 atom stereocenters. The summed E-state index contributed by atoms with van der Waals surface area (Å²) in [7, 11) is 0. The van der Waals surface area contributed by atoms with Crippen LogP contribution in [0.15, 0.2) is 42.6 Å². The molecule has 0 aliphatic rings. The first-order valence-electron chi connectivity index (χ1n) is 9.59. The molecule has 1 N–H and O–H groups in total. The molecule has 6 heteroatoms. The van der Waals surface area contributed by atoms with Gasteiger partial charge in [0, 0.05) is 11.9 Å². The van der Waals surface area contributed by atoms with Crippen LogP contribution < -0.4 is 5.32 Å². The van der Waals surface area contributed by atoms with Crippen LogP contribution in [0.3, 0.4) is 0 Å². The van der Waals surface area contributed by atoms with E-state index in [0.717, 1.165) is 36.2 Å². The van der Waals surface area contributed by atoms with E-state index < -0.39 is 0 Å². The number of nitrogens with one attached hydrogen (secondary N) is 1. The lowest BCUT2D eigenvalue weighted by atomic mass is 10.2. The summed E-state index contributed by atoms with van der Waals surface area (Å²) in [6.45, 7) is 6.40. The fraction of sp³-hybridized carbons (Fsp3) is 0.318. The number of hydrogen-bond acceptors (Lipinski definition) is 4. The smallest absolute Gasteiger partial charge is 0.338 e. The molecule has 0 aliphatic carbocycles. The molecule has 0 saturated carbocycles. The maximum atomic E-state index is 13.0. The van der Waals surface area contributed by atoms with Crippen molar-refractivity contribution < 1.29 is 14.3 Å². The SMILES string of the molecule is CCCOC(=O)c1ccc(NC(=O)c2c(CCC)nc3cc(C)ccn23)cc1. The van der Waals surface area contributed by atoms with E-state index in [4.69, 9.17) is 4.74 Å². The van der Waals surface area contributed by atoms with Crippen LogP contribution in [0.2, 0.25) is 0 Å². The first-order chi connectivity index (χ1) is 13.5. The van der Waals surface area contributed by atoms with Crippen LogP contribution in [0.5, 0.6) is 0 Å². The molecule has 1 aromatic carbocycles. The molecular formula is C22H25N3O3. The summed E-state index contributed by atoms with van der Waals surface area (Å²) in [5.41, 5.74) is 4.26. The molecule has 0 radical (unpaired) electrons. The monoisotopic (exact) mass is 379 g/mol. The molecular weight excluding hydrogens is 354 g/mol. The average Bonchev–Trinajstić information content (AvgIpc) is 3.04. The number of nitrogens with zero attached hydrogens (tertiary/aromatic N) is 2. The summed E-state index contributed by atoms with van der Waals surface area (Å²) in [5, 5.41) is 2.91. The zero-order chi connectivity index (χ0) is 20.1. The molecule has 0 spiro atoms. The van der Waals surface area contributed by atoms with Gasteiger partial charge in [-0.1, -0.05) is 20.3 Å². The number of rotatable bonds is 7. The van der Waals surface area contributed by atoms with Gasteiger partial charge < -0.3 is 10.1 Å². The number of carbonyl (C=O) groups excluding carboxylic acids is 2. The number of hydrogen-bond donors (Lipinski definition) is 1. The van der Waals surface area contributed by atoms with Gasteiger partial charge in [-0.05, 0) is 61.7 Å². The third kappa shape index (κ3) is 4.22. The molecule has 0 saturated heterocycles. The third-order valence-electron chi connectivity index (χ3n) is 4.37. The van der Waals surface area contributed by atoms with Crippen LogP contribution in [0.1, 0.15) is 58.8 Å². The lowest BCUT2D eigenvalue weighted by Crippen LogP contribution is -2.16. The highest BCUT2D eigenvalue weighted by molar-refractivity contribution is 6.04. The second-order valence-electron chi connectivity index (χ2n) is 6.76. The number of aryl methyl sites for hydroxylation is 2. The van der Waals surface area contributed by atoms with Gasteiger partial charge in [-0.25, -0.2) is 9.78 Å². The predicted molar refractivity (Wildman–Crippen MR) is 109 cm³/mol. The zero-order valence-corrected chi connectivity index (χ0v) is 16.5.